The van der Waals surface area contributed by atoms with Gasteiger partial charge in [0.25, 0.3) is 15.9 Å². The Labute approximate surface area is 142 Å². The molecule has 0 aliphatic rings. The van der Waals surface area contributed by atoms with Gasteiger partial charge in [-0.05, 0) is 42.3 Å². The Morgan fingerprint density at radius 2 is 1.75 bits per heavy atom. The molecule has 0 bridgehead atoms. The maximum atomic E-state index is 12.3. The van der Waals surface area contributed by atoms with E-state index in [1.165, 1.54) is 38.4 Å². The van der Waals surface area contributed by atoms with Crippen molar-refractivity contribution in [1.29, 1.82) is 0 Å². The monoisotopic (exact) mass is 348 g/mol. The zero-order chi connectivity index (χ0) is 17.7. The summed E-state index contributed by atoms with van der Waals surface area (Å²) in [5.41, 5.74) is 2.16. The van der Waals surface area contributed by atoms with E-state index in [4.69, 9.17) is 4.84 Å². The maximum absolute atomic E-state index is 12.3. The first-order chi connectivity index (χ1) is 11.4. The van der Waals surface area contributed by atoms with Gasteiger partial charge in [-0.15, -0.1) is 0 Å². The van der Waals surface area contributed by atoms with Crippen LogP contribution in [0.1, 0.15) is 22.8 Å². The van der Waals surface area contributed by atoms with Crippen LogP contribution in [-0.4, -0.2) is 33.0 Å². The topological polar surface area (TPSA) is 75.7 Å². The van der Waals surface area contributed by atoms with Crippen LogP contribution in [0.2, 0.25) is 0 Å². The third-order valence-electron chi connectivity index (χ3n) is 3.66. The minimum absolute atomic E-state index is 0.0531. The highest BCUT2D eigenvalue weighted by Crippen LogP contribution is 2.18. The molecule has 0 atom stereocenters. The Morgan fingerprint density at radius 1 is 1.12 bits per heavy atom. The number of nitrogens with one attached hydrogen (secondary N) is 1. The number of hydrogen-bond acceptors (Lipinski definition) is 4. The zero-order valence-electron chi connectivity index (χ0n) is 13.8. The summed E-state index contributed by atoms with van der Waals surface area (Å²) in [6, 6.07) is 13.3. The van der Waals surface area contributed by atoms with Crippen molar-refractivity contribution in [3.8, 4) is 0 Å². The molecular weight excluding hydrogens is 328 g/mol. The predicted molar refractivity (Wildman–Crippen MR) is 92.2 cm³/mol. The molecule has 2 aromatic carbocycles. The SMILES string of the molecule is CCc1ccccc1NC(=O)c1ccc(S(=O)(=O)N(C)OC)cc1. The first-order valence-electron chi connectivity index (χ1n) is 7.42. The molecule has 0 saturated heterocycles. The van der Waals surface area contributed by atoms with Crippen LogP contribution >= 0.6 is 0 Å². The Kier molecular flexibility index (Phi) is 5.71. The van der Waals surface area contributed by atoms with Crippen molar-refractivity contribution in [2.24, 2.45) is 0 Å². The van der Waals surface area contributed by atoms with Crippen molar-refractivity contribution in [2.45, 2.75) is 18.2 Å². The van der Waals surface area contributed by atoms with Gasteiger partial charge in [0.05, 0.1) is 12.0 Å². The molecule has 7 heteroatoms. The van der Waals surface area contributed by atoms with Crippen molar-refractivity contribution in [3.63, 3.8) is 0 Å². The molecule has 0 radical (unpaired) electrons. The highest BCUT2D eigenvalue weighted by molar-refractivity contribution is 7.89. The molecule has 0 unspecified atom stereocenters. The number of sulfonamides is 1. The van der Waals surface area contributed by atoms with Crippen LogP contribution in [0.15, 0.2) is 53.4 Å². The minimum Gasteiger partial charge on any atom is -0.322 e. The number of benzene rings is 2. The average Bonchev–Trinajstić information content (AvgIpc) is 2.61. The third-order valence-corrected chi connectivity index (χ3v) is 5.35. The van der Waals surface area contributed by atoms with E-state index in [0.29, 0.717) is 5.56 Å². The molecule has 0 heterocycles. The summed E-state index contributed by atoms with van der Waals surface area (Å²) in [5.74, 6) is -0.292. The van der Waals surface area contributed by atoms with Gasteiger partial charge in [0, 0.05) is 18.3 Å². The third kappa shape index (κ3) is 3.81. The predicted octanol–water partition coefficient (Wildman–Crippen LogP) is 2.68. The van der Waals surface area contributed by atoms with Crippen molar-refractivity contribution in [1.82, 2.24) is 4.47 Å². The number of para-hydroxylation sites is 1. The van der Waals surface area contributed by atoms with Crippen LogP contribution in [-0.2, 0) is 21.3 Å². The van der Waals surface area contributed by atoms with E-state index in [0.717, 1.165) is 22.1 Å². The normalized spacial score (nSPS) is 11.5. The van der Waals surface area contributed by atoms with Crippen LogP contribution in [0.3, 0.4) is 0 Å². The molecule has 128 valence electrons. The number of hydroxylamine groups is 1. The number of carbonyl (C=O) groups excluding carboxylic acids is 1. The fraction of sp³-hybridized carbons (Fsp3) is 0.235. The zero-order valence-corrected chi connectivity index (χ0v) is 14.6. The Bertz CT molecular complexity index is 817. The van der Waals surface area contributed by atoms with Crippen LogP contribution in [0, 0.1) is 0 Å². The smallest absolute Gasteiger partial charge is 0.264 e. The fourth-order valence-corrected chi connectivity index (χ4v) is 3.14. The number of carbonyl (C=O) groups is 1. The Hall–Kier alpha value is -2.22. The van der Waals surface area contributed by atoms with Crippen molar-refractivity contribution >= 4 is 21.6 Å². The van der Waals surface area contributed by atoms with Crippen molar-refractivity contribution in [2.75, 3.05) is 19.5 Å². The molecule has 0 aromatic heterocycles. The first kappa shape index (κ1) is 18.1. The number of anilines is 1. The van der Waals surface area contributed by atoms with Gasteiger partial charge < -0.3 is 5.32 Å². The first-order valence-corrected chi connectivity index (χ1v) is 8.86. The number of nitrogens with zero attached hydrogens (tertiary/aromatic N) is 1. The number of rotatable bonds is 6. The average molecular weight is 348 g/mol. The molecule has 0 spiro atoms. The minimum atomic E-state index is -3.72. The molecule has 0 aliphatic heterocycles. The van der Waals surface area contributed by atoms with Crippen LogP contribution in [0.4, 0.5) is 5.69 Å². The van der Waals surface area contributed by atoms with Gasteiger partial charge in [0.1, 0.15) is 0 Å². The second-order valence-electron chi connectivity index (χ2n) is 5.09. The standard InChI is InChI=1S/C17H20N2O4S/c1-4-13-7-5-6-8-16(13)18-17(20)14-9-11-15(12-10-14)24(21,22)19(2)23-3/h5-12H,4H2,1-3H3,(H,18,20). The second-order valence-corrected chi connectivity index (χ2v) is 7.02. The highest BCUT2D eigenvalue weighted by Gasteiger charge is 2.21. The van der Waals surface area contributed by atoms with Gasteiger partial charge in [0.15, 0.2) is 0 Å². The summed E-state index contributed by atoms with van der Waals surface area (Å²) >= 11 is 0. The van der Waals surface area contributed by atoms with Crippen LogP contribution in [0.25, 0.3) is 0 Å². The summed E-state index contributed by atoms with van der Waals surface area (Å²) in [7, 11) is -1.15. The van der Waals surface area contributed by atoms with E-state index in [2.05, 4.69) is 5.32 Å². The molecule has 1 N–H and O–H groups in total. The van der Waals surface area contributed by atoms with E-state index in [1.54, 1.807) is 0 Å². The molecule has 1 amide bonds. The fourth-order valence-electron chi connectivity index (χ4n) is 2.17. The largest absolute Gasteiger partial charge is 0.322 e. The highest BCUT2D eigenvalue weighted by atomic mass is 32.2. The summed E-state index contributed by atoms with van der Waals surface area (Å²) in [4.78, 5) is 17.1. The molecule has 2 aromatic rings. The molecule has 6 nitrogen and oxygen atoms in total. The number of hydrogen-bond donors (Lipinski definition) is 1. The molecule has 24 heavy (non-hydrogen) atoms. The van der Waals surface area contributed by atoms with Gasteiger partial charge in [-0.25, -0.2) is 8.42 Å². The quantitative estimate of drug-likeness (QED) is 0.815. The van der Waals surface area contributed by atoms with E-state index in [-0.39, 0.29) is 10.8 Å². The van der Waals surface area contributed by atoms with Crippen LogP contribution < -0.4 is 5.32 Å². The van der Waals surface area contributed by atoms with Gasteiger partial charge in [-0.3, -0.25) is 9.63 Å². The molecule has 0 aliphatic carbocycles. The molecular formula is C17H20N2O4S. The summed E-state index contributed by atoms with van der Waals surface area (Å²) in [5, 5.41) is 2.85. The summed E-state index contributed by atoms with van der Waals surface area (Å²) in [6.07, 6.45) is 0.803. The molecule has 0 saturated carbocycles. The lowest BCUT2D eigenvalue weighted by molar-refractivity contribution is -0.0258. The summed E-state index contributed by atoms with van der Waals surface area (Å²) < 4.78 is 25.0. The lowest BCUT2D eigenvalue weighted by Crippen LogP contribution is -2.25. The van der Waals surface area contributed by atoms with E-state index in [9.17, 15) is 13.2 Å². The van der Waals surface area contributed by atoms with E-state index >= 15 is 0 Å². The van der Waals surface area contributed by atoms with Crippen molar-refractivity contribution in [3.05, 3.63) is 59.7 Å². The number of amides is 1. The molecule has 2 rings (SSSR count). The summed E-state index contributed by atoms with van der Waals surface area (Å²) in [6.45, 7) is 2.01. The van der Waals surface area contributed by atoms with Gasteiger partial charge in [0.2, 0.25) is 0 Å². The van der Waals surface area contributed by atoms with Gasteiger partial charge in [-0.2, -0.15) is 0 Å². The van der Waals surface area contributed by atoms with Crippen LogP contribution in [0.5, 0.6) is 0 Å². The lowest BCUT2D eigenvalue weighted by Gasteiger charge is -2.14. The Morgan fingerprint density at radius 3 is 2.33 bits per heavy atom. The lowest BCUT2D eigenvalue weighted by atomic mass is 10.1. The van der Waals surface area contributed by atoms with Gasteiger partial charge >= 0.3 is 0 Å². The maximum Gasteiger partial charge on any atom is 0.264 e. The van der Waals surface area contributed by atoms with Crippen molar-refractivity contribution < 1.29 is 18.0 Å². The second kappa shape index (κ2) is 7.57. The number of aryl methyl sites for hydroxylation is 1. The van der Waals surface area contributed by atoms with E-state index in [1.807, 2.05) is 31.2 Å². The van der Waals surface area contributed by atoms with E-state index < -0.39 is 10.0 Å². The molecule has 0 fully saturated rings. The Balaban J connectivity index is 2.20. The van der Waals surface area contributed by atoms with Gasteiger partial charge in [-0.1, -0.05) is 29.6 Å².